The van der Waals surface area contributed by atoms with Crippen molar-refractivity contribution < 1.29 is 0 Å². The van der Waals surface area contributed by atoms with Gasteiger partial charge in [0, 0.05) is 4.83 Å². The second-order valence-corrected chi connectivity index (χ2v) is 6.92. The normalized spacial score (nSPS) is 14.5. The maximum absolute atomic E-state index is 3.91. The van der Waals surface area contributed by atoms with E-state index in [2.05, 4.69) is 76.6 Å². The summed E-state index contributed by atoms with van der Waals surface area (Å²) in [5.41, 5.74) is 5.83. The fourth-order valence-corrected chi connectivity index (χ4v) is 4.25. The van der Waals surface area contributed by atoms with Crippen molar-refractivity contribution in [3.8, 4) is 0 Å². The highest BCUT2D eigenvalue weighted by molar-refractivity contribution is 9.09. The molecule has 0 aliphatic heterocycles. The van der Waals surface area contributed by atoms with Gasteiger partial charge in [-0.1, -0.05) is 76.6 Å². The smallest absolute Gasteiger partial charge is 0.0441 e. The molecule has 21 heavy (non-hydrogen) atoms. The molecule has 0 spiro atoms. The predicted molar refractivity (Wildman–Crippen MR) is 93.2 cm³/mol. The largest absolute Gasteiger partial charge is 0.0835 e. The quantitative estimate of drug-likeness (QED) is 0.544. The average Bonchev–Trinajstić information content (AvgIpc) is 2.94. The standard InChI is InChI=1S/C20H17Br/c21-19(13-14-5-2-1-3-6-14)17-12-11-16-10-9-15-7-4-8-18(17)20(15)16/h1-8,11-12,19H,9-10,13H2. The Morgan fingerprint density at radius 1 is 0.810 bits per heavy atom. The zero-order valence-corrected chi connectivity index (χ0v) is 13.4. The molecule has 0 saturated heterocycles. The highest BCUT2D eigenvalue weighted by Crippen LogP contribution is 2.38. The zero-order chi connectivity index (χ0) is 14.2. The molecule has 0 bridgehead atoms. The third-order valence-electron chi connectivity index (χ3n) is 4.51. The topological polar surface area (TPSA) is 0 Å². The third-order valence-corrected chi connectivity index (χ3v) is 5.32. The molecule has 0 aromatic heterocycles. The molecule has 1 aliphatic rings. The molecule has 1 unspecified atom stereocenters. The molecule has 3 aromatic carbocycles. The van der Waals surface area contributed by atoms with Crippen molar-refractivity contribution >= 4 is 26.7 Å². The van der Waals surface area contributed by atoms with Gasteiger partial charge in [0.2, 0.25) is 0 Å². The number of rotatable bonds is 3. The van der Waals surface area contributed by atoms with E-state index in [1.54, 1.807) is 0 Å². The first kappa shape index (κ1) is 13.1. The van der Waals surface area contributed by atoms with Gasteiger partial charge in [0.1, 0.15) is 0 Å². The Morgan fingerprint density at radius 3 is 2.38 bits per heavy atom. The predicted octanol–water partition coefficient (Wildman–Crippen LogP) is 5.62. The minimum absolute atomic E-state index is 0.366. The molecule has 4 rings (SSSR count). The van der Waals surface area contributed by atoms with Crippen LogP contribution in [0.25, 0.3) is 10.8 Å². The van der Waals surface area contributed by atoms with Crippen LogP contribution in [0.3, 0.4) is 0 Å². The van der Waals surface area contributed by atoms with Gasteiger partial charge in [0.15, 0.2) is 0 Å². The van der Waals surface area contributed by atoms with E-state index in [-0.39, 0.29) is 0 Å². The Kier molecular flexibility index (Phi) is 3.31. The summed E-state index contributed by atoms with van der Waals surface area (Å²) in [4.78, 5) is 0.366. The average molecular weight is 337 g/mol. The molecular weight excluding hydrogens is 320 g/mol. The molecule has 0 amide bonds. The van der Waals surface area contributed by atoms with Gasteiger partial charge in [-0.05, 0) is 52.3 Å². The number of alkyl halides is 1. The molecule has 3 aromatic rings. The molecule has 1 aliphatic carbocycles. The first-order chi connectivity index (χ1) is 10.3. The number of halogens is 1. The van der Waals surface area contributed by atoms with Gasteiger partial charge in [-0.3, -0.25) is 0 Å². The molecule has 0 fully saturated rings. The van der Waals surface area contributed by atoms with Crippen molar-refractivity contribution in [2.45, 2.75) is 24.1 Å². The van der Waals surface area contributed by atoms with E-state index in [4.69, 9.17) is 0 Å². The van der Waals surface area contributed by atoms with Crippen LogP contribution in [-0.2, 0) is 19.3 Å². The minimum Gasteiger partial charge on any atom is -0.0835 e. The van der Waals surface area contributed by atoms with Crippen molar-refractivity contribution in [2.24, 2.45) is 0 Å². The van der Waals surface area contributed by atoms with Crippen LogP contribution >= 0.6 is 15.9 Å². The molecule has 0 radical (unpaired) electrons. The van der Waals surface area contributed by atoms with Crippen molar-refractivity contribution in [1.29, 1.82) is 0 Å². The number of benzene rings is 3. The SMILES string of the molecule is BrC(Cc1ccccc1)c1ccc2c3c(cccc13)CC2. The molecule has 1 atom stereocenters. The molecule has 1 heteroatoms. The van der Waals surface area contributed by atoms with Crippen LogP contribution in [0.4, 0.5) is 0 Å². The second kappa shape index (κ2) is 5.31. The lowest BCUT2D eigenvalue weighted by Gasteiger charge is -2.15. The van der Waals surface area contributed by atoms with E-state index >= 15 is 0 Å². The minimum atomic E-state index is 0.366. The Bertz CT molecular complexity index is 779. The lowest BCUT2D eigenvalue weighted by atomic mass is 9.96. The summed E-state index contributed by atoms with van der Waals surface area (Å²) >= 11 is 3.91. The zero-order valence-electron chi connectivity index (χ0n) is 11.9. The molecular formula is C20H17Br. The van der Waals surface area contributed by atoms with Gasteiger partial charge >= 0.3 is 0 Å². The number of aryl methyl sites for hydroxylation is 2. The van der Waals surface area contributed by atoms with E-state index in [0.29, 0.717) is 4.83 Å². The van der Waals surface area contributed by atoms with Crippen LogP contribution in [-0.4, -0.2) is 0 Å². The van der Waals surface area contributed by atoms with Crippen molar-refractivity contribution in [2.75, 3.05) is 0 Å². The Hall–Kier alpha value is -1.60. The van der Waals surface area contributed by atoms with Gasteiger partial charge in [0.25, 0.3) is 0 Å². The lowest BCUT2D eigenvalue weighted by molar-refractivity contribution is 0.956. The first-order valence-electron chi connectivity index (χ1n) is 7.54. The van der Waals surface area contributed by atoms with E-state index in [9.17, 15) is 0 Å². The molecule has 0 heterocycles. The Balaban J connectivity index is 1.77. The summed E-state index contributed by atoms with van der Waals surface area (Å²) in [6.07, 6.45) is 3.42. The van der Waals surface area contributed by atoms with Gasteiger partial charge < -0.3 is 0 Å². The van der Waals surface area contributed by atoms with Gasteiger partial charge in [-0.2, -0.15) is 0 Å². The van der Waals surface area contributed by atoms with Crippen LogP contribution in [0.2, 0.25) is 0 Å². The van der Waals surface area contributed by atoms with E-state index in [1.807, 2.05) is 0 Å². The highest BCUT2D eigenvalue weighted by atomic mass is 79.9. The van der Waals surface area contributed by atoms with E-state index in [1.165, 1.54) is 45.9 Å². The van der Waals surface area contributed by atoms with Crippen molar-refractivity contribution in [1.82, 2.24) is 0 Å². The fraction of sp³-hybridized carbons (Fsp3) is 0.200. The van der Waals surface area contributed by atoms with Crippen LogP contribution in [0.1, 0.15) is 27.1 Å². The van der Waals surface area contributed by atoms with E-state index in [0.717, 1.165) is 6.42 Å². The summed E-state index contributed by atoms with van der Waals surface area (Å²) in [6.45, 7) is 0. The summed E-state index contributed by atoms with van der Waals surface area (Å²) in [5, 5.41) is 2.94. The molecule has 0 nitrogen and oxygen atoms in total. The van der Waals surface area contributed by atoms with Crippen molar-refractivity contribution in [3.05, 3.63) is 82.9 Å². The van der Waals surface area contributed by atoms with Crippen LogP contribution in [0.15, 0.2) is 60.7 Å². The second-order valence-electron chi connectivity index (χ2n) is 5.81. The Labute approximate surface area is 133 Å². The monoisotopic (exact) mass is 336 g/mol. The van der Waals surface area contributed by atoms with Gasteiger partial charge in [-0.25, -0.2) is 0 Å². The number of hydrogen-bond acceptors (Lipinski definition) is 0. The highest BCUT2D eigenvalue weighted by Gasteiger charge is 2.18. The lowest BCUT2D eigenvalue weighted by Crippen LogP contribution is -1.97. The molecule has 0 N–H and O–H groups in total. The maximum Gasteiger partial charge on any atom is 0.0441 e. The maximum atomic E-state index is 3.91. The molecule has 104 valence electrons. The molecule has 0 saturated carbocycles. The van der Waals surface area contributed by atoms with E-state index < -0.39 is 0 Å². The summed E-state index contributed by atoms with van der Waals surface area (Å²) in [7, 11) is 0. The van der Waals surface area contributed by atoms with Crippen LogP contribution in [0, 0.1) is 0 Å². The number of hydrogen-bond donors (Lipinski definition) is 0. The first-order valence-corrected chi connectivity index (χ1v) is 8.46. The summed E-state index contributed by atoms with van der Waals surface area (Å²) < 4.78 is 0. The van der Waals surface area contributed by atoms with Crippen molar-refractivity contribution in [3.63, 3.8) is 0 Å². The summed E-state index contributed by atoms with van der Waals surface area (Å²) in [5.74, 6) is 0. The van der Waals surface area contributed by atoms with Crippen LogP contribution < -0.4 is 0 Å². The Morgan fingerprint density at radius 2 is 1.57 bits per heavy atom. The summed E-state index contributed by atoms with van der Waals surface area (Å²) in [6, 6.07) is 22.1. The fourth-order valence-electron chi connectivity index (χ4n) is 3.47. The third kappa shape index (κ3) is 2.30. The van der Waals surface area contributed by atoms with Crippen LogP contribution in [0.5, 0.6) is 0 Å². The van der Waals surface area contributed by atoms with Gasteiger partial charge in [0.05, 0.1) is 0 Å². The van der Waals surface area contributed by atoms with Gasteiger partial charge in [-0.15, -0.1) is 0 Å².